The number of carbonyl (C=O) groups is 2. The minimum absolute atomic E-state index is 0.0352. The lowest BCUT2D eigenvalue weighted by Gasteiger charge is -2.23. The molecule has 1 fully saturated rings. The Morgan fingerprint density at radius 2 is 1.93 bits per heavy atom. The molecule has 1 aliphatic rings. The summed E-state index contributed by atoms with van der Waals surface area (Å²) < 4.78 is 11.1. The van der Waals surface area contributed by atoms with Crippen LogP contribution in [0.15, 0.2) is 69.2 Å². The van der Waals surface area contributed by atoms with Crippen LogP contribution in [0.4, 0.5) is 5.82 Å². The van der Waals surface area contributed by atoms with Crippen LogP contribution in [-0.4, -0.2) is 29.1 Å². The second kappa shape index (κ2) is 7.79. The van der Waals surface area contributed by atoms with Gasteiger partial charge in [0.25, 0.3) is 5.78 Å². The number of Topliss-reactive ketones (excluding diaryl/α,β-unsaturated/α-hetero) is 1. The van der Waals surface area contributed by atoms with Gasteiger partial charge in [-0.05, 0) is 36.8 Å². The third-order valence-electron chi connectivity index (χ3n) is 4.81. The predicted molar refractivity (Wildman–Crippen MR) is 113 cm³/mol. The molecule has 1 aromatic heterocycles. The van der Waals surface area contributed by atoms with Crippen LogP contribution in [0.25, 0.3) is 5.76 Å². The van der Waals surface area contributed by atoms with E-state index in [-0.39, 0.29) is 17.2 Å². The molecule has 152 valence electrons. The molecule has 1 saturated heterocycles. The van der Waals surface area contributed by atoms with Gasteiger partial charge in [-0.15, -0.1) is 0 Å². The number of rotatable bonds is 4. The van der Waals surface area contributed by atoms with Crippen LogP contribution < -0.4 is 9.64 Å². The highest BCUT2D eigenvalue weighted by atomic mass is 79.9. The average molecular weight is 469 g/mol. The molecule has 4 rings (SSSR count). The summed E-state index contributed by atoms with van der Waals surface area (Å²) in [5, 5.41) is 15.0. The van der Waals surface area contributed by atoms with Crippen molar-refractivity contribution < 1.29 is 24.0 Å². The number of aliphatic hydroxyl groups excluding tert-OH is 1. The third-order valence-corrected chi connectivity index (χ3v) is 5.31. The van der Waals surface area contributed by atoms with Crippen LogP contribution in [0.5, 0.6) is 5.75 Å². The Morgan fingerprint density at radius 1 is 1.17 bits per heavy atom. The summed E-state index contributed by atoms with van der Waals surface area (Å²) in [6.45, 7) is 1.69. The number of carbonyl (C=O) groups excluding carboxylic acids is 2. The quantitative estimate of drug-likeness (QED) is 0.347. The molecule has 7 nitrogen and oxygen atoms in total. The summed E-state index contributed by atoms with van der Waals surface area (Å²) in [7, 11) is 1.51. The van der Waals surface area contributed by atoms with Gasteiger partial charge in [-0.2, -0.15) is 0 Å². The van der Waals surface area contributed by atoms with Gasteiger partial charge in [0.2, 0.25) is 0 Å². The molecule has 2 aromatic carbocycles. The number of anilines is 1. The zero-order valence-electron chi connectivity index (χ0n) is 16.1. The Hall–Kier alpha value is -3.39. The molecule has 1 N–H and O–H groups in total. The Labute approximate surface area is 180 Å². The van der Waals surface area contributed by atoms with Crippen molar-refractivity contribution in [1.29, 1.82) is 0 Å². The van der Waals surface area contributed by atoms with E-state index in [1.165, 1.54) is 12.0 Å². The lowest BCUT2D eigenvalue weighted by atomic mass is 9.95. The maximum absolute atomic E-state index is 13.0. The smallest absolute Gasteiger partial charge is 0.301 e. The van der Waals surface area contributed by atoms with Crippen molar-refractivity contribution in [3.05, 3.63) is 81.5 Å². The lowest BCUT2D eigenvalue weighted by Crippen LogP contribution is -2.29. The van der Waals surface area contributed by atoms with Crippen molar-refractivity contribution in [1.82, 2.24) is 5.16 Å². The highest BCUT2D eigenvalue weighted by Crippen LogP contribution is 2.42. The van der Waals surface area contributed by atoms with E-state index < -0.39 is 17.7 Å². The number of nitrogens with zero attached hydrogens (tertiary/aromatic N) is 2. The van der Waals surface area contributed by atoms with E-state index in [2.05, 4.69) is 21.1 Å². The summed E-state index contributed by atoms with van der Waals surface area (Å²) in [5.41, 5.74) is 0.962. The van der Waals surface area contributed by atoms with Gasteiger partial charge in [-0.1, -0.05) is 45.4 Å². The van der Waals surface area contributed by atoms with E-state index in [9.17, 15) is 14.7 Å². The minimum Gasteiger partial charge on any atom is -0.507 e. The van der Waals surface area contributed by atoms with Gasteiger partial charge in [0.05, 0.1) is 18.7 Å². The third kappa shape index (κ3) is 3.39. The maximum Gasteiger partial charge on any atom is 0.301 e. The Morgan fingerprint density at radius 3 is 2.60 bits per heavy atom. The number of hydrogen-bond acceptors (Lipinski definition) is 6. The first-order valence-electron chi connectivity index (χ1n) is 9.05. The molecule has 0 unspecified atom stereocenters. The molecule has 0 saturated carbocycles. The van der Waals surface area contributed by atoms with Crippen LogP contribution in [0, 0.1) is 6.92 Å². The fourth-order valence-corrected chi connectivity index (χ4v) is 3.87. The van der Waals surface area contributed by atoms with Gasteiger partial charge in [-0.25, -0.2) is 0 Å². The Bertz CT molecular complexity index is 1180. The normalized spacial score (nSPS) is 18.1. The number of aliphatic hydroxyl groups is 1. The number of hydrogen-bond donors (Lipinski definition) is 1. The van der Waals surface area contributed by atoms with Crippen LogP contribution in [0.3, 0.4) is 0 Å². The second-order valence-corrected chi connectivity index (χ2v) is 7.67. The monoisotopic (exact) mass is 468 g/mol. The van der Waals surface area contributed by atoms with Crippen molar-refractivity contribution in [3.63, 3.8) is 0 Å². The summed E-state index contributed by atoms with van der Waals surface area (Å²) >= 11 is 3.42. The fourth-order valence-electron chi connectivity index (χ4n) is 3.45. The summed E-state index contributed by atoms with van der Waals surface area (Å²) in [6, 6.07) is 14.5. The minimum atomic E-state index is -0.877. The van der Waals surface area contributed by atoms with E-state index in [1.807, 2.05) is 6.07 Å². The molecule has 1 aliphatic heterocycles. The molecule has 0 spiro atoms. The standard InChI is InChI=1S/C22H17BrN2O5/c1-12-9-17(24-30-12)25-19(13-5-3-7-15(23)10-13)18(21(27)22(25)28)20(26)14-6-4-8-16(11-14)29-2/h3-11,19,26H,1-2H3/t19-/m0/s1. The van der Waals surface area contributed by atoms with Crippen LogP contribution in [0.2, 0.25) is 0 Å². The Balaban J connectivity index is 1.95. The number of aryl methyl sites for hydroxylation is 1. The van der Waals surface area contributed by atoms with Crippen molar-refractivity contribution >= 4 is 39.2 Å². The first-order valence-corrected chi connectivity index (χ1v) is 9.84. The van der Waals surface area contributed by atoms with E-state index >= 15 is 0 Å². The molecule has 0 radical (unpaired) electrons. The maximum atomic E-state index is 13.0. The largest absolute Gasteiger partial charge is 0.507 e. The van der Waals surface area contributed by atoms with Gasteiger partial charge in [0.15, 0.2) is 5.82 Å². The lowest BCUT2D eigenvalue weighted by molar-refractivity contribution is -0.132. The predicted octanol–water partition coefficient (Wildman–Crippen LogP) is 4.38. The average Bonchev–Trinajstić information content (AvgIpc) is 3.28. The first kappa shape index (κ1) is 19.9. The van der Waals surface area contributed by atoms with Crippen molar-refractivity contribution in [2.75, 3.05) is 12.0 Å². The van der Waals surface area contributed by atoms with Gasteiger partial charge >= 0.3 is 5.91 Å². The molecule has 0 bridgehead atoms. The van der Waals surface area contributed by atoms with Gasteiger partial charge < -0.3 is 14.4 Å². The molecule has 1 atom stereocenters. The molecular formula is C22H17BrN2O5. The van der Waals surface area contributed by atoms with Crippen molar-refractivity contribution in [3.8, 4) is 5.75 Å². The van der Waals surface area contributed by atoms with Gasteiger partial charge in [-0.3, -0.25) is 14.5 Å². The number of amides is 1. The number of ether oxygens (including phenoxy) is 1. The summed E-state index contributed by atoms with van der Waals surface area (Å²) in [4.78, 5) is 27.2. The van der Waals surface area contributed by atoms with E-state index in [0.717, 1.165) is 4.47 Å². The van der Waals surface area contributed by atoms with Gasteiger partial charge in [0.1, 0.15) is 17.3 Å². The molecule has 2 heterocycles. The number of benzene rings is 2. The van der Waals surface area contributed by atoms with Crippen molar-refractivity contribution in [2.45, 2.75) is 13.0 Å². The summed E-state index contributed by atoms with van der Waals surface area (Å²) in [5.74, 6) is -0.685. The zero-order valence-corrected chi connectivity index (χ0v) is 17.7. The molecule has 0 aliphatic carbocycles. The zero-order chi connectivity index (χ0) is 21.4. The van der Waals surface area contributed by atoms with Crippen LogP contribution in [0.1, 0.15) is 22.9 Å². The topological polar surface area (TPSA) is 92.9 Å². The Kier molecular flexibility index (Phi) is 5.17. The van der Waals surface area contributed by atoms with Crippen molar-refractivity contribution in [2.24, 2.45) is 0 Å². The first-order chi connectivity index (χ1) is 14.4. The van der Waals surface area contributed by atoms with E-state index in [4.69, 9.17) is 9.26 Å². The van der Waals surface area contributed by atoms with E-state index in [1.54, 1.807) is 55.5 Å². The van der Waals surface area contributed by atoms with Crippen LogP contribution in [-0.2, 0) is 9.59 Å². The number of ketones is 1. The molecular weight excluding hydrogens is 452 g/mol. The van der Waals surface area contributed by atoms with E-state index in [0.29, 0.717) is 22.6 Å². The second-order valence-electron chi connectivity index (χ2n) is 6.75. The highest BCUT2D eigenvalue weighted by molar-refractivity contribution is 9.10. The molecule has 8 heteroatoms. The number of methoxy groups -OCH3 is 1. The highest BCUT2D eigenvalue weighted by Gasteiger charge is 2.48. The van der Waals surface area contributed by atoms with Crippen LogP contribution >= 0.6 is 15.9 Å². The summed E-state index contributed by atoms with van der Waals surface area (Å²) in [6.07, 6.45) is 0. The SMILES string of the molecule is COc1cccc(C(O)=C2C(=O)C(=O)N(c3cc(C)on3)[C@H]2c2cccc(Br)c2)c1. The fraction of sp³-hybridized carbons (Fsp3) is 0.136. The van der Waals surface area contributed by atoms with Gasteiger partial charge in [0, 0.05) is 16.1 Å². The molecule has 30 heavy (non-hydrogen) atoms. The molecule has 1 amide bonds. The molecule has 3 aromatic rings. The number of aromatic nitrogens is 1. The number of halogens is 1.